The van der Waals surface area contributed by atoms with Gasteiger partial charge in [0, 0.05) is 0 Å². The highest BCUT2D eigenvalue weighted by atomic mass is 31.2. The van der Waals surface area contributed by atoms with Crippen molar-refractivity contribution >= 4 is 7.82 Å². The van der Waals surface area contributed by atoms with Crippen molar-refractivity contribution in [1.29, 1.82) is 0 Å². The summed E-state index contributed by atoms with van der Waals surface area (Å²) in [5.41, 5.74) is 0. The lowest BCUT2D eigenvalue weighted by Gasteiger charge is -2.21. The van der Waals surface area contributed by atoms with Gasteiger partial charge in [0.2, 0.25) is 6.29 Å². The quantitative estimate of drug-likeness (QED) is 0.356. The van der Waals surface area contributed by atoms with E-state index in [1.807, 2.05) is 0 Å². The van der Waals surface area contributed by atoms with Gasteiger partial charge < -0.3 is 29.8 Å². The molecule has 0 bridgehead atoms. The summed E-state index contributed by atoms with van der Waals surface area (Å²) >= 11 is 0. The molecule has 15 heavy (non-hydrogen) atoms. The molecule has 1 fully saturated rings. The first-order valence-corrected chi connectivity index (χ1v) is 5.31. The van der Waals surface area contributed by atoms with E-state index >= 15 is 0 Å². The third-order valence-corrected chi connectivity index (χ3v) is 2.28. The normalized spacial score (nSPS) is 42.1. The molecule has 0 aromatic carbocycles. The van der Waals surface area contributed by atoms with Gasteiger partial charge in [-0.1, -0.05) is 0 Å². The summed E-state index contributed by atoms with van der Waals surface area (Å²) in [6.45, 7) is -0.839. The number of aliphatic hydroxyl groups excluding tert-OH is 2. The highest BCUT2D eigenvalue weighted by molar-refractivity contribution is 7.46. The van der Waals surface area contributed by atoms with Crippen LogP contribution in [-0.4, -0.2) is 56.1 Å². The van der Waals surface area contributed by atoms with E-state index in [0.29, 0.717) is 0 Å². The van der Waals surface area contributed by atoms with Crippen LogP contribution in [0.1, 0.15) is 0 Å². The molecule has 1 rings (SSSR count). The molecule has 5 N–H and O–H groups in total. The topological polar surface area (TPSA) is 137 Å². The van der Waals surface area contributed by atoms with Gasteiger partial charge in [-0.25, -0.2) is 8.96 Å². The van der Waals surface area contributed by atoms with Crippen molar-refractivity contribution in [3.05, 3.63) is 0 Å². The van der Waals surface area contributed by atoms with Crippen LogP contribution < -0.4 is 0 Å². The van der Waals surface area contributed by atoms with Crippen molar-refractivity contribution in [3.63, 3.8) is 0 Å². The predicted octanol–water partition coefficient (Wildman–Crippen LogP) is -2.17. The molecule has 10 heteroatoms. The van der Waals surface area contributed by atoms with Crippen LogP contribution in [0.5, 0.6) is 0 Å². The molecule has 0 amide bonds. The smallest absolute Gasteiger partial charge is 0.394 e. The van der Waals surface area contributed by atoms with Gasteiger partial charge in [0.05, 0.1) is 6.61 Å². The van der Waals surface area contributed by atoms with Crippen LogP contribution in [0.15, 0.2) is 0 Å². The molecule has 4 atom stereocenters. The van der Waals surface area contributed by atoms with Gasteiger partial charge in [0.25, 0.3) is 5.85 Å². The highest BCUT2D eigenvalue weighted by Crippen LogP contribution is 2.44. The van der Waals surface area contributed by atoms with E-state index in [-0.39, 0.29) is 0 Å². The van der Waals surface area contributed by atoms with Gasteiger partial charge in [-0.15, -0.1) is 0 Å². The van der Waals surface area contributed by atoms with Crippen molar-refractivity contribution in [2.24, 2.45) is 0 Å². The summed E-state index contributed by atoms with van der Waals surface area (Å²) in [6.07, 6.45) is -6.03. The van der Waals surface area contributed by atoms with Gasteiger partial charge in [0.1, 0.15) is 12.2 Å². The average molecular weight is 248 g/mol. The zero-order chi connectivity index (χ0) is 11.9. The van der Waals surface area contributed by atoms with Crippen LogP contribution >= 0.6 is 7.82 Å². The van der Waals surface area contributed by atoms with Crippen LogP contribution in [-0.2, 0) is 13.8 Å². The largest absolute Gasteiger partial charge is 0.472 e. The lowest BCUT2D eigenvalue weighted by molar-refractivity contribution is -0.232. The number of halogens is 1. The number of aliphatic hydroxyl groups is 3. The fourth-order valence-corrected chi connectivity index (χ4v) is 1.54. The Balaban J connectivity index is 2.79. The average Bonchev–Trinajstić information content (AvgIpc) is 2.26. The maximum absolute atomic E-state index is 13.2. The second kappa shape index (κ2) is 4.04. The van der Waals surface area contributed by atoms with E-state index < -0.39 is 38.8 Å². The zero-order valence-corrected chi connectivity index (χ0v) is 8.12. The monoisotopic (exact) mass is 248 g/mol. The summed E-state index contributed by atoms with van der Waals surface area (Å²) < 4.78 is 31.7. The summed E-state index contributed by atoms with van der Waals surface area (Å²) in [4.78, 5) is 16.7. The molecule has 0 spiro atoms. The molecule has 0 aromatic rings. The van der Waals surface area contributed by atoms with Crippen LogP contribution in [0.2, 0.25) is 0 Å². The third-order valence-electron chi connectivity index (χ3n) is 1.81. The second-order valence-corrected chi connectivity index (χ2v) is 4.15. The van der Waals surface area contributed by atoms with E-state index in [1.54, 1.807) is 0 Å². The maximum Gasteiger partial charge on any atom is 0.472 e. The first kappa shape index (κ1) is 12.9. The molecule has 1 heterocycles. The lowest BCUT2D eigenvalue weighted by Crippen LogP contribution is -2.45. The highest BCUT2D eigenvalue weighted by Gasteiger charge is 2.58. The predicted molar refractivity (Wildman–Crippen MR) is 40.9 cm³/mol. The molecule has 8 nitrogen and oxygen atoms in total. The van der Waals surface area contributed by atoms with Crippen LogP contribution in [0.25, 0.3) is 0 Å². The minimum atomic E-state index is -5.08. The molecule has 90 valence electrons. The molecule has 0 aromatic heterocycles. The Labute approximate surface area is 83.1 Å². The summed E-state index contributed by atoms with van der Waals surface area (Å²) in [5, 5.41) is 26.6. The van der Waals surface area contributed by atoms with E-state index in [0.717, 1.165) is 0 Å². The van der Waals surface area contributed by atoms with Crippen LogP contribution in [0.4, 0.5) is 4.39 Å². The SMILES string of the molecule is O=P(O)(O)O[C@@H]1O[C@H](CO)[C@@H](O)[C@@]1(O)F. The van der Waals surface area contributed by atoms with Crippen LogP contribution in [0, 0.1) is 0 Å². The maximum atomic E-state index is 13.2. The third kappa shape index (κ3) is 2.71. The van der Waals surface area contributed by atoms with Crippen LogP contribution in [0.3, 0.4) is 0 Å². The van der Waals surface area contributed by atoms with E-state index in [1.165, 1.54) is 0 Å². The number of hydrogen-bond donors (Lipinski definition) is 5. The number of hydrogen-bond acceptors (Lipinski definition) is 6. The fourth-order valence-electron chi connectivity index (χ4n) is 1.10. The first-order chi connectivity index (χ1) is 6.68. The van der Waals surface area contributed by atoms with E-state index in [4.69, 9.17) is 25.1 Å². The Morgan fingerprint density at radius 1 is 1.53 bits per heavy atom. The van der Waals surface area contributed by atoms with Crippen molar-refractivity contribution in [2.75, 3.05) is 6.61 Å². The van der Waals surface area contributed by atoms with Gasteiger partial charge in [-0.05, 0) is 0 Å². The second-order valence-electron chi connectivity index (χ2n) is 2.96. The zero-order valence-electron chi connectivity index (χ0n) is 7.23. The lowest BCUT2D eigenvalue weighted by atomic mass is 10.1. The first-order valence-electron chi connectivity index (χ1n) is 3.78. The molecule has 1 aliphatic rings. The number of phosphoric ester groups is 1. The Kier molecular flexibility index (Phi) is 3.49. The molecule has 1 saturated heterocycles. The van der Waals surface area contributed by atoms with Gasteiger partial charge >= 0.3 is 7.82 Å². The number of alkyl halides is 1. The molecule has 0 unspecified atom stereocenters. The number of ether oxygens (including phenoxy) is 1. The molecular formula is C5H10FO8P. The van der Waals surface area contributed by atoms with Gasteiger partial charge in [-0.3, -0.25) is 4.52 Å². The summed E-state index contributed by atoms with van der Waals surface area (Å²) in [6, 6.07) is 0. The Morgan fingerprint density at radius 3 is 2.40 bits per heavy atom. The number of rotatable bonds is 3. The summed E-state index contributed by atoms with van der Waals surface area (Å²) in [7, 11) is -5.08. The fraction of sp³-hybridized carbons (Fsp3) is 1.00. The Bertz CT molecular complexity index is 276. The summed E-state index contributed by atoms with van der Waals surface area (Å²) in [5.74, 6) is -3.49. The van der Waals surface area contributed by atoms with Gasteiger partial charge in [-0.2, -0.15) is 0 Å². The number of phosphoric acid groups is 1. The molecule has 0 radical (unpaired) electrons. The molecule has 0 aliphatic carbocycles. The Morgan fingerprint density at radius 2 is 2.07 bits per heavy atom. The van der Waals surface area contributed by atoms with E-state index in [9.17, 15) is 8.96 Å². The Hall–Kier alpha value is -0.120. The van der Waals surface area contributed by atoms with Crippen molar-refractivity contribution in [1.82, 2.24) is 0 Å². The molecular weight excluding hydrogens is 238 g/mol. The van der Waals surface area contributed by atoms with Crippen molar-refractivity contribution < 1.29 is 43.3 Å². The van der Waals surface area contributed by atoms with Crippen molar-refractivity contribution in [2.45, 2.75) is 24.4 Å². The minimum absolute atomic E-state index is 0.839. The molecule has 0 saturated carbocycles. The van der Waals surface area contributed by atoms with E-state index in [2.05, 4.69) is 9.26 Å². The minimum Gasteiger partial charge on any atom is -0.394 e. The van der Waals surface area contributed by atoms with Gasteiger partial charge in [0.15, 0.2) is 0 Å². The standard InChI is InChI=1S/C5H10FO8P/c6-5(9)3(8)2(1-7)13-4(5)14-15(10,11)12/h2-4,7-9H,1H2,(H2,10,11,12)/t2-,3-,4+,5+/m1/s1. The van der Waals surface area contributed by atoms with Crippen molar-refractivity contribution in [3.8, 4) is 0 Å². The molecule has 1 aliphatic heterocycles.